The van der Waals surface area contributed by atoms with E-state index in [0.717, 1.165) is 25.9 Å². The third-order valence-electron chi connectivity index (χ3n) is 6.05. The van der Waals surface area contributed by atoms with Gasteiger partial charge in [-0.15, -0.1) is 0 Å². The van der Waals surface area contributed by atoms with Gasteiger partial charge in [-0.2, -0.15) is 4.98 Å². The molecule has 11 nitrogen and oxygen atoms in total. The van der Waals surface area contributed by atoms with Crippen LogP contribution in [0.15, 0.2) is 32.6 Å². The zero-order valence-corrected chi connectivity index (χ0v) is 17.1. The largest absolute Gasteiger partial charge is 0.463 e. The van der Waals surface area contributed by atoms with E-state index in [1.54, 1.807) is 21.4 Å². The van der Waals surface area contributed by atoms with Gasteiger partial charge in [0.05, 0.1) is 11.9 Å². The predicted octanol–water partition coefficient (Wildman–Crippen LogP) is 0.141. The molecule has 2 aliphatic rings. The molecule has 0 spiro atoms. The third kappa shape index (κ3) is 3.06. The highest BCUT2D eigenvalue weighted by atomic mass is 16.3. The van der Waals surface area contributed by atoms with E-state index in [9.17, 15) is 9.90 Å². The first-order chi connectivity index (χ1) is 14.3. The van der Waals surface area contributed by atoms with Gasteiger partial charge in [-0.1, -0.05) is 0 Å². The quantitative estimate of drug-likeness (QED) is 0.517. The number of piperidine rings is 1. The molecule has 1 unspecified atom stereocenters. The number of furan rings is 1. The molecule has 4 N–H and O–H groups in total. The number of nitrogens with zero attached hydrogens (tertiary/aromatic N) is 6. The maximum atomic E-state index is 12.7. The second-order valence-corrected chi connectivity index (χ2v) is 8.32. The Morgan fingerprint density at radius 2 is 2.13 bits per heavy atom. The summed E-state index contributed by atoms with van der Waals surface area (Å²) in [5, 5.41) is 14.5. The summed E-state index contributed by atoms with van der Waals surface area (Å²) in [7, 11) is 0. The fourth-order valence-electron chi connectivity index (χ4n) is 4.11. The van der Waals surface area contributed by atoms with Gasteiger partial charge >= 0.3 is 5.69 Å². The van der Waals surface area contributed by atoms with Crippen LogP contribution in [0.1, 0.15) is 38.1 Å². The normalized spacial score (nSPS) is 21.8. The molecule has 0 amide bonds. The van der Waals surface area contributed by atoms with Crippen LogP contribution in [0, 0.1) is 0 Å². The minimum Gasteiger partial charge on any atom is -0.463 e. The minimum absolute atomic E-state index is 0.245. The van der Waals surface area contributed by atoms with Gasteiger partial charge in [0.1, 0.15) is 17.6 Å². The van der Waals surface area contributed by atoms with E-state index in [0.29, 0.717) is 41.9 Å². The standard InChI is InChI=1S/C19H26N8O3/c1-12-21-14(13-4-3-11-30-13)15-16(26(12)20)22-17-25(18(28)23-27(15)17)10-9-24-7-5-19(2,29)6-8-24/h3-4,11-12,29H,5-10,20H2,1-2H3,(H,23,28). The van der Waals surface area contributed by atoms with Crippen molar-refractivity contribution in [2.45, 2.75) is 45.0 Å². The van der Waals surface area contributed by atoms with E-state index < -0.39 is 5.60 Å². The lowest BCUT2D eigenvalue weighted by molar-refractivity contribution is -0.00590. The average Bonchev–Trinajstić information content (AvgIpc) is 3.41. The van der Waals surface area contributed by atoms with Crippen molar-refractivity contribution >= 4 is 17.3 Å². The number of hydrazine groups is 1. The number of imidazole rings is 1. The van der Waals surface area contributed by atoms with Gasteiger partial charge in [0.2, 0.25) is 5.78 Å². The van der Waals surface area contributed by atoms with Gasteiger partial charge in [-0.25, -0.2) is 20.3 Å². The van der Waals surface area contributed by atoms with Crippen molar-refractivity contribution in [1.29, 1.82) is 0 Å². The van der Waals surface area contributed by atoms with Crippen LogP contribution in [-0.2, 0) is 6.54 Å². The topological polar surface area (TPSA) is 133 Å². The van der Waals surface area contributed by atoms with Crippen molar-refractivity contribution in [2.24, 2.45) is 10.8 Å². The number of aromatic amines is 1. The van der Waals surface area contributed by atoms with Gasteiger partial charge in [-0.05, 0) is 38.8 Å². The van der Waals surface area contributed by atoms with Crippen LogP contribution >= 0.6 is 0 Å². The zero-order valence-electron chi connectivity index (χ0n) is 17.1. The SMILES string of the molecule is CC1N=C(c2ccco2)c2c(nc3n(CCN4CCC(C)(O)CC4)c(=O)[nH]n23)N1N. The maximum Gasteiger partial charge on any atom is 0.343 e. The number of aromatic nitrogens is 4. The first kappa shape index (κ1) is 19.1. The molecular weight excluding hydrogens is 388 g/mol. The van der Waals surface area contributed by atoms with E-state index in [1.807, 2.05) is 19.9 Å². The Morgan fingerprint density at radius 3 is 2.83 bits per heavy atom. The molecule has 3 aromatic rings. The van der Waals surface area contributed by atoms with E-state index >= 15 is 0 Å². The molecule has 0 saturated carbocycles. The number of nitrogens with one attached hydrogen (secondary N) is 1. The number of hydrogen-bond acceptors (Lipinski definition) is 8. The van der Waals surface area contributed by atoms with E-state index in [4.69, 9.17) is 10.3 Å². The number of aliphatic imine (C=N–C) groups is 1. The second-order valence-electron chi connectivity index (χ2n) is 8.32. The van der Waals surface area contributed by atoms with Gasteiger partial charge in [0, 0.05) is 26.2 Å². The fraction of sp³-hybridized carbons (Fsp3) is 0.526. The Balaban J connectivity index is 1.49. The lowest BCUT2D eigenvalue weighted by Gasteiger charge is -2.35. The molecule has 0 bridgehead atoms. The van der Waals surface area contributed by atoms with E-state index in [1.165, 1.54) is 5.01 Å². The van der Waals surface area contributed by atoms with Crippen LogP contribution in [-0.4, -0.2) is 66.3 Å². The van der Waals surface area contributed by atoms with Gasteiger partial charge in [0.25, 0.3) is 0 Å². The molecule has 3 aromatic heterocycles. The summed E-state index contributed by atoms with van der Waals surface area (Å²) >= 11 is 0. The molecule has 5 rings (SSSR count). The molecule has 1 fully saturated rings. The highest BCUT2D eigenvalue weighted by Gasteiger charge is 2.33. The Kier molecular flexibility index (Phi) is 4.34. The fourth-order valence-corrected chi connectivity index (χ4v) is 4.11. The number of aliphatic hydroxyl groups is 1. The molecule has 2 aliphatic heterocycles. The van der Waals surface area contributed by atoms with Crippen molar-refractivity contribution in [3.8, 4) is 0 Å². The smallest absolute Gasteiger partial charge is 0.343 e. The number of H-pyrrole nitrogens is 1. The van der Waals surface area contributed by atoms with Crippen molar-refractivity contribution in [3.63, 3.8) is 0 Å². The zero-order chi connectivity index (χ0) is 21.0. The molecule has 0 radical (unpaired) electrons. The number of rotatable bonds is 4. The van der Waals surface area contributed by atoms with Crippen LogP contribution in [0.2, 0.25) is 0 Å². The second kappa shape index (κ2) is 6.83. The lowest BCUT2D eigenvalue weighted by atomic mass is 9.94. The lowest BCUT2D eigenvalue weighted by Crippen LogP contribution is -2.44. The summed E-state index contributed by atoms with van der Waals surface area (Å²) in [5.41, 5.74) is 0.360. The molecular formula is C19H26N8O3. The van der Waals surface area contributed by atoms with Crippen LogP contribution in [0.25, 0.3) is 5.78 Å². The van der Waals surface area contributed by atoms with Crippen molar-refractivity contribution in [2.75, 3.05) is 24.6 Å². The Bertz CT molecular complexity index is 1140. The molecule has 1 atom stereocenters. The summed E-state index contributed by atoms with van der Waals surface area (Å²) in [5.74, 6) is 7.83. The summed E-state index contributed by atoms with van der Waals surface area (Å²) in [6.07, 6.45) is 2.72. The summed E-state index contributed by atoms with van der Waals surface area (Å²) in [6, 6.07) is 3.61. The predicted molar refractivity (Wildman–Crippen MR) is 111 cm³/mol. The van der Waals surface area contributed by atoms with E-state index in [2.05, 4.69) is 20.0 Å². The first-order valence-electron chi connectivity index (χ1n) is 10.2. The van der Waals surface area contributed by atoms with Crippen molar-refractivity contribution in [1.82, 2.24) is 24.1 Å². The maximum absolute atomic E-state index is 12.7. The molecule has 5 heterocycles. The summed E-state index contributed by atoms with van der Waals surface area (Å²) < 4.78 is 8.80. The summed E-state index contributed by atoms with van der Waals surface area (Å²) in [4.78, 5) is 24.2. The molecule has 0 aliphatic carbocycles. The Morgan fingerprint density at radius 1 is 1.37 bits per heavy atom. The highest BCUT2D eigenvalue weighted by molar-refractivity contribution is 6.14. The number of anilines is 1. The number of nitrogens with two attached hydrogens (primary N) is 1. The highest BCUT2D eigenvalue weighted by Crippen LogP contribution is 2.29. The number of likely N-dealkylation sites (tertiary alicyclic amines) is 1. The molecule has 11 heteroatoms. The van der Waals surface area contributed by atoms with Crippen LogP contribution < -0.4 is 16.5 Å². The first-order valence-corrected chi connectivity index (χ1v) is 10.2. The van der Waals surface area contributed by atoms with Crippen molar-refractivity contribution < 1.29 is 9.52 Å². The Hall–Kier alpha value is -2.89. The average molecular weight is 414 g/mol. The Labute approximate surface area is 172 Å². The third-order valence-corrected chi connectivity index (χ3v) is 6.05. The van der Waals surface area contributed by atoms with Crippen LogP contribution in [0.4, 0.5) is 5.82 Å². The monoisotopic (exact) mass is 414 g/mol. The van der Waals surface area contributed by atoms with Gasteiger partial charge in [0.15, 0.2) is 11.6 Å². The number of hydrogen-bond donors (Lipinski definition) is 3. The van der Waals surface area contributed by atoms with Gasteiger partial charge in [-0.3, -0.25) is 14.6 Å². The van der Waals surface area contributed by atoms with Crippen molar-refractivity contribution in [3.05, 3.63) is 40.3 Å². The minimum atomic E-state index is -0.598. The van der Waals surface area contributed by atoms with E-state index in [-0.39, 0.29) is 11.9 Å². The van der Waals surface area contributed by atoms with Crippen LogP contribution in [0.3, 0.4) is 0 Å². The molecule has 30 heavy (non-hydrogen) atoms. The molecule has 1 saturated heterocycles. The van der Waals surface area contributed by atoms with Gasteiger partial charge < -0.3 is 14.4 Å². The van der Waals surface area contributed by atoms with Crippen LogP contribution in [0.5, 0.6) is 0 Å². The summed E-state index contributed by atoms with van der Waals surface area (Å²) in [6.45, 7) is 6.53. The molecule has 160 valence electrons. The number of fused-ring (bicyclic) bond motifs is 3. The molecule has 0 aromatic carbocycles.